The van der Waals surface area contributed by atoms with E-state index in [2.05, 4.69) is 30.0 Å². The van der Waals surface area contributed by atoms with Crippen molar-refractivity contribution in [2.45, 2.75) is 25.7 Å². The van der Waals surface area contributed by atoms with Crippen LogP contribution in [-0.4, -0.2) is 19.1 Å². The normalized spacial score (nSPS) is 15.1. The molecule has 0 saturated heterocycles. The van der Waals surface area contributed by atoms with Crippen LogP contribution >= 0.6 is 11.3 Å². The van der Waals surface area contributed by atoms with Crippen molar-refractivity contribution in [3.63, 3.8) is 0 Å². The third-order valence-corrected chi connectivity index (χ3v) is 4.51. The van der Waals surface area contributed by atoms with E-state index in [9.17, 15) is 0 Å². The number of aromatic nitrogens is 1. The Morgan fingerprint density at radius 2 is 2.06 bits per heavy atom. The number of aryl methyl sites for hydroxylation is 2. The summed E-state index contributed by atoms with van der Waals surface area (Å²) < 4.78 is 0. The smallest absolute Gasteiger partial charge is 0.125 e. The molecule has 3 heteroatoms. The molecule has 3 rings (SSSR count). The second kappa shape index (κ2) is 3.74. The van der Waals surface area contributed by atoms with Gasteiger partial charge in [-0.2, -0.15) is 0 Å². The van der Waals surface area contributed by atoms with Crippen molar-refractivity contribution in [1.82, 2.24) is 4.98 Å². The van der Waals surface area contributed by atoms with Gasteiger partial charge < -0.3 is 4.90 Å². The number of hydrogen-bond acceptors (Lipinski definition) is 3. The molecule has 1 aliphatic carbocycles. The predicted octanol–water partition coefficient (Wildman–Crippen LogP) is 3.24. The van der Waals surface area contributed by atoms with E-state index in [1.54, 1.807) is 10.4 Å². The van der Waals surface area contributed by atoms with Crippen molar-refractivity contribution in [3.8, 4) is 0 Å². The Kier molecular flexibility index (Phi) is 2.36. The first-order valence-electron chi connectivity index (χ1n) is 5.84. The van der Waals surface area contributed by atoms with Gasteiger partial charge in [-0.15, -0.1) is 11.3 Å². The molecule has 0 spiro atoms. The van der Waals surface area contributed by atoms with Crippen molar-refractivity contribution in [1.29, 1.82) is 0 Å². The molecule has 0 fully saturated rings. The molecular formula is C13H16N2S. The van der Waals surface area contributed by atoms with Gasteiger partial charge in [-0.3, -0.25) is 0 Å². The van der Waals surface area contributed by atoms with Gasteiger partial charge in [0.05, 0.1) is 0 Å². The molecule has 0 atom stereocenters. The number of nitrogens with zero attached hydrogens (tertiary/aromatic N) is 2. The highest BCUT2D eigenvalue weighted by molar-refractivity contribution is 7.19. The first kappa shape index (κ1) is 10.1. The van der Waals surface area contributed by atoms with E-state index in [4.69, 9.17) is 0 Å². The maximum absolute atomic E-state index is 4.52. The van der Waals surface area contributed by atoms with Crippen LogP contribution in [0.15, 0.2) is 12.3 Å². The summed E-state index contributed by atoms with van der Waals surface area (Å²) in [5.41, 5.74) is 2.90. The number of pyridine rings is 1. The zero-order chi connectivity index (χ0) is 11.1. The zero-order valence-electron chi connectivity index (χ0n) is 9.79. The first-order valence-corrected chi connectivity index (χ1v) is 6.65. The van der Waals surface area contributed by atoms with Gasteiger partial charge in [0.15, 0.2) is 0 Å². The van der Waals surface area contributed by atoms with E-state index in [0.717, 1.165) is 0 Å². The molecule has 1 aliphatic rings. The summed E-state index contributed by atoms with van der Waals surface area (Å²) in [6, 6.07) is 2.13. The van der Waals surface area contributed by atoms with Gasteiger partial charge in [0.1, 0.15) is 4.83 Å². The topological polar surface area (TPSA) is 16.1 Å². The summed E-state index contributed by atoms with van der Waals surface area (Å²) >= 11 is 1.89. The lowest BCUT2D eigenvalue weighted by Crippen LogP contribution is -2.10. The Balaban J connectivity index is 2.32. The van der Waals surface area contributed by atoms with E-state index < -0.39 is 0 Å². The van der Waals surface area contributed by atoms with Gasteiger partial charge in [-0.25, -0.2) is 4.98 Å². The molecule has 2 aromatic heterocycles. The third kappa shape index (κ3) is 1.42. The molecule has 16 heavy (non-hydrogen) atoms. The molecule has 0 saturated carbocycles. The van der Waals surface area contributed by atoms with E-state index in [-0.39, 0.29) is 0 Å². The van der Waals surface area contributed by atoms with E-state index in [0.29, 0.717) is 0 Å². The SMILES string of the molecule is CN(C)c1ccnc2sc3c(c12)CCCC3. The van der Waals surface area contributed by atoms with Crippen LogP contribution in [0.2, 0.25) is 0 Å². The van der Waals surface area contributed by atoms with Gasteiger partial charge >= 0.3 is 0 Å². The summed E-state index contributed by atoms with van der Waals surface area (Å²) in [5, 5.41) is 1.41. The van der Waals surface area contributed by atoms with Crippen molar-refractivity contribution < 1.29 is 0 Å². The first-order chi connectivity index (χ1) is 7.77. The Hall–Kier alpha value is -1.09. The monoisotopic (exact) mass is 232 g/mol. The summed E-state index contributed by atoms with van der Waals surface area (Å²) in [6.45, 7) is 0. The summed E-state index contributed by atoms with van der Waals surface area (Å²) in [7, 11) is 4.23. The molecule has 2 nitrogen and oxygen atoms in total. The Labute approximate surface area is 99.9 Å². The van der Waals surface area contributed by atoms with Gasteiger partial charge in [-0.1, -0.05) is 0 Å². The maximum Gasteiger partial charge on any atom is 0.125 e. The van der Waals surface area contributed by atoms with Crippen LogP contribution in [0.3, 0.4) is 0 Å². The predicted molar refractivity (Wildman–Crippen MR) is 70.6 cm³/mol. The number of fused-ring (bicyclic) bond motifs is 3. The zero-order valence-corrected chi connectivity index (χ0v) is 10.6. The Bertz CT molecular complexity index is 528. The van der Waals surface area contributed by atoms with Gasteiger partial charge in [0, 0.05) is 36.2 Å². The fraction of sp³-hybridized carbons (Fsp3) is 0.462. The van der Waals surface area contributed by atoms with Crippen LogP contribution < -0.4 is 4.90 Å². The fourth-order valence-corrected chi connectivity index (χ4v) is 3.79. The van der Waals surface area contributed by atoms with Crippen LogP contribution in [0, 0.1) is 0 Å². The van der Waals surface area contributed by atoms with E-state index in [1.807, 2.05) is 17.5 Å². The lowest BCUT2D eigenvalue weighted by Gasteiger charge is -2.16. The lowest BCUT2D eigenvalue weighted by molar-refractivity contribution is 0.700. The number of thiophene rings is 1. The molecule has 84 valence electrons. The minimum atomic E-state index is 1.22. The molecule has 0 aliphatic heterocycles. The van der Waals surface area contributed by atoms with Crippen molar-refractivity contribution in [3.05, 3.63) is 22.7 Å². The molecule has 0 N–H and O–H groups in total. The van der Waals surface area contributed by atoms with Crippen LogP contribution in [0.4, 0.5) is 5.69 Å². The highest BCUT2D eigenvalue weighted by atomic mass is 32.1. The van der Waals surface area contributed by atoms with Crippen molar-refractivity contribution in [2.75, 3.05) is 19.0 Å². The van der Waals surface area contributed by atoms with E-state index >= 15 is 0 Å². The largest absolute Gasteiger partial charge is 0.377 e. The fourth-order valence-electron chi connectivity index (χ4n) is 2.54. The summed E-state index contributed by atoms with van der Waals surface area (Å²) in [5.74, 6) is 0. The van der Waals surface area contributed by atoms with Crippen LogP contribution in [0.25, 0.3) is 10.2 Å². The minimum absolute atomic E-state index is 1.22. The highest BCUT2D eigenvalue weighted by Gasteiger charge is 2.19. The van der Waals surface area contributed by atoms with Crippen LogP contribution in [0.1, 0.15) is 23.3 Å². The van der Waals surface area contributed by atoms with Gasteiger partial charge in [0.2, 0.25) is 0 Å². The number of anilines is 1. The molecular weight excluding hydrogens is 216 g/mol. The number of rotatable bonds is 1. The lowest BCUT2D eigenvalue weighted by atomic mass is 9.96. The van der Waals surface area contributed by atoms with Crippen LogP contribution in [0.5, 0.6) is 0 Å². The van der Waals surface area contributed by atoms with Gasteiger partial charge in [0.25, 0.3) is 0 Å². The quantitative estimate of drug-likeness (QED) is 0.750. The number of hydrogen-bond donors (Lipinski definition) is 0. The van der Waals surface area contributed by atoms with E-state index in [1.165, 1.54) is 41.6 Å². The van der Waals surface area contributed by atoms with Crippen molar-refractivity contribution in [2.24, 2.45) is 0 Å². The highest BCUT2D eigenvalue weighted by Crippen LogP contribution is 2.39. The van der Waals surface area contributed by atoms with Crippen LogP contribution in [-0.2, 0) is 12.8 Å². The molecule has 0 amide bonds. The molecule has 0 radical (unpaired) electrons. The summed E-state index contributed by atoms with van der Waals surface area (Å²) in [6.07, 6.45) is 7.10. The molecule has 0 bridgehead atoms. The maximum atomic E-state index is 4.52. The summed E-state index contributed by atoms with van der Waals surface area (Å²) in [4.78, 5) is 9.51. The standard InChI is InChI=1S/C13H16N2S/c1-15(2)10-7-8-14-13-12(10)9-5-3-4-6-11(9)16-13/h7-8H,3-6H2,1-2H3. The average molecular weight is 232 g/mol. The van der Waals surface area contributed by atoms with Gasteiger partial charge in [-0.05, 0) is 37.3 Å². The molecule has 2 heterocycles. The van der Waals surface area contributed by atoms with Crippen molar-refractivity contribution >= 4 is 27.2 Å². The minimum Gasteiger partial charge on any atom is -0.377 e. The second-order valence-electron chi connectivity index (χ2n) is 4.62. The second-order valence-corrected chi connectivity index (χ2v) is 5.70. The Morgan fingerprint density at radius 3 is 2.88 bits per heavy atom. The molecule has 2 aromatic rings. The molecule has 0 aromatic carbocycles. The molecule has 0 unspecified atom stereocenters. The third-order valence-electron chi connectivity index (χ3n) is 3.31. The average Bonchev–Trinajstić information content (AvgIpc) is 2.66. The Morgan fingerprint density at radius 1 is 1.25 bits per heavy atom.